The van der Waals surface area contributed by atoms with Crippen molar-refractivity contribution >= 4 is 34.4 Å². The Hall–Kier alpha value is -5.66. The number of aromatic amines is 1. The Bertz CT molecular complexity index is 1910. The van der Waals surface area contributed by atoms with Crippen LogP contribution in [0.25, 0.3) is 22.2 Å². The van der Waals surface area contributed by atoms with Gasteiger partial charge in [-0.2, -0.15) is 18.3 Å². The van der Waals surface area contributed by atoms with Crippen molar-refractivity contribution in [3.8, 4) is 22.8 Å². The minimum atomic E-state index is -4.54. The van der Waals surface area contributed by atoms with E-state index in [1.54, 1.807) is 56.8 Å². The summed E-state index contributed by atoms with van der Waals surface area (Å²) in [4.78, 5) is 31.3. The molecule has 3 heterocycles. The van der Waals surface area contributed by atoms with Crippen molar-refractivity contribution in [2.45, 2.75) is 58.7 Å². The largest absolute Gasteiger partial charge is 0.497 e. The van der Waals surface area contributed by atoms with Gasteiger partial charge in [0.25, 0.3) is 5.91 Å². The van der Waals surface area contributed by atoms with Crippen molar-refractivity contribution in [3.63, 3.8) is 0 Å². The van der Waals surface area contributed by atoms with E-state index in [-0.39, 0.29) is 17.3 Å². The molecule has 11 nitrogen and oxygen atoms in total. The number of amides is 1. The van der Waals surface area contributed by atoms with Crippen LogP contribution in [-0.2, 0) is 17.5 Å². The summed E-state index contributed by atoms with van der Waals surface area (Å²) >= 11 is 0. The average molecular weight is 707 g/mol. The fourth-order valence-corrected chi connectivity index (χ4v) is 5.48. The Morgan fingerprint density at radius 2 is 1.63 bits per heavy atom. The lowest BCUT2D eigenvalue weighted by Crippen LogP contribution is -2.16. The molecule has 0 aliphatic heterocycles. The third kappa shape index (κ3) is 9.96. The summed E-state index contributed by atoms with van der Waals surface area (Å²) < 4.78 is 49.7. The topological polar surface area (TPSA) is 151 Å². The molecule has 1 aliphatic carbocycles. The van der Waals surface area contributed by atoms with Gasteiger partial charge in [-0.05, 0) is 55.3 Å². The van der Waals surface area contributed by atoms with Gasteiger partial charge in [-0.15, -0.1) is 0 Å². The first kappa shape index (κ1) is 38.1. The number of halogens is 3. The highest BCUT2D eigenvalue weighted by molar-refractivity contribution is 6.05. The van der Waals surface area contributed by atoms with Crippen LogP contribution < -0.4 is 20.1 Å². The van der Waals surface area contributed by atoms with Gasteiger partial charge < -0.3 is 25.2 Å². The predicted octanol–water partition coefficient (Wildman–Crippen LogP) is 8.60. The van der Waals surface area contributed by atoms with E-state index in [0.717, 1.165) is 60.5 Å². The number of carboxylic acids is 1. The number of aliphatic carboxylic acids is 1. The molecular formula is C37H41F3N6O5. The summed E-state index contributed by atoms with van der Waals surface area (Å²) in [6.45, 7) is 4.42. The number of hydrogen-bond acceptors (Lipinski definition) is 8. The molecule has 0 bridgehead atoms. The number of carbonyl (C=O) groups excluding carboxylic acids is 1. The van der Waals surface area contributed by atoms with E-state index < -0.39 is 23.6 Å². The van der Waals surface area contributed by atoms with E-state index >= 15 is 0 Å². The summed E-state index contributed by atoms with van der Waals surface area (Å²) in [7, 11) is 3.18. The number of hydrogen-bond donors (Lipinski definition) is 4. The molecule has 4 N–H and O–H groups in total. The number of nitrogens with one attached hydrogen (secondary N) is 3. The van der Waals surface area contributed by atoms with E-state index in [1.165, 1.54) is 6.42 Å². The van der Waals surface area contributed by atoms with Gasteiger partial charge in [0.1, 0.15) is 28.8 Å². The molecule has 270 valence electrons. The monoisotopic (exact) mass is 706 g/mol. The second kappa shape index (κ2) is 17.8. The van der Waals surface area contributed by atoms with Crippen LogP contribution in [0.3, 0.4) is 0 Å². The van der Waals surface area contributed by atoms with Crippen LogP contribution in [0.4, 0.5) is 24.8 Å². The molecule has 0 atom stereocenters. The highest BCUT2D eigenvalue weighted by Crippen LogP contribution is 2.33. The molecule has 1 fully saturated rings. The molecule has 0 saturated heterocycles. The van der Waals surface area contributed by atoms with Gasteiger partial charge in [0.15, 0.2) is 0 Å². The number of anilines is 2. The number of alkyl halides is 3. The third-order valence-corrected chi connectivity index (χ3v) is 8.12. The number of pyridine rings is 2. The lowest BCUT2D eigenvalue weighted by molar-refractivity contribution is -0.142. The zero-order valence-electron chi connectivity index (χ0n) is 28.8. The van der Waals surface area contributed by atoms with Crippen LogP contribution in [0, 0.1) is 5.92 Å². The van der Waals surface area contributed by atoms with E-state index in [2.05, 4.69) is 30.8 Å². The van der Waals surface area contributed by atoms with Crippen LogP contribution in [0.2, 0.25) is 0 Å². The second-order valence-corrected chi connectivity index (χ2v) is 11.3. The lowest BCUT2D eigenvalue weighted by Gasteiger charge is -2.16. The van der Waals surface area contributed by atoms with Crippen LogP contribution in [0.5, 0.6) is 11.5 Å². The maximum absolute atomic E-state index is 13.0. The fourth-order valence-electron chi connectivity index (χ4n) is 5.48. The molecule has 6 rings (SSSR count). The predicted molar refractivity (Wildman–Crippen MR) is 189 cm³/mol. The van der Waals surface area contributed by atoms with Crippen molar-refractivity contribution in [2.24, 2.45) is 5.92 Å². The van der Waals surface area contributed by atoms with Crippen molar-refractivity contribution in [1.82, 2.24) is 20.2 Å². The molecule has 14 heteroatoms. The highest BCUT2D eigenvalue weighted by Gasteiger charge is 2.31. The summed E-state index contributed by atoms with van der Waals surface area (Å²) in [5, 5.41) is 22.5. The zero-order valence-corrected chi connectivity index (χ0v) is 28.8. The molecule has 1 aliphatic rings. The summed E-state index contributed by atoms with van der Waals surface area (Å²) in [5.41, 5.74) is 2.31. The Morgan fingerprint density at radius 1 is 0.922 bits per heavy atom. The van der Waals surface area contributed by atoms with Gasteiger partial charge in [-0.25, -0.2) is 9.97 Å². The maximum Gasteiger partial charge on any atom is 0.416 e. The van der Waals surface area contributed by atoms with Gasteiger partial charge in [0, 0.05) is 41.7 Å². The number of fused-ring (bicyclic) bond motifs is 1. The Morgan fingerprint density at radius 3 is 2.25 bits per heavy atom. The van der Waals surface area contributed by atoms with Crippen LogP contribution in [0.15, 0.2) is 73.1 Å². The minimum Gasteiger partial charge on any atom is -0.497 e. The van der Waals surface area contributed by atoms with Crippen molar-refractivity contribution in [2.75, 3.05) is 24.9 Å². The van der Waals surface area contributed by atoms with Crippen LogP contribution >= 0.6 is 0 Å². The van der Waals surface area contributed by atoms with Crippen molar-refractivity contribution in [3.05, 3.63) is 89.7 Å². The Labute approximate surface area is 293 Å². The van der Waals surface area contributed by atoms with Gasteiger partial charge in [0.2, 0.25) is 0 Å². The Balaban J connectivity index is 0.000000457. The molecule has 2 aromatic carbocycles. The first-order valence-electron chi connectivity index (χ1n) is 16.5. The quantitative estimate of drug-likeness (QED) is 0.118. The SMILES string of the molecule is CC.COc1ccc(CNc2nccc3[nH]nc(-c4ccc(C(=O)Nc5cc(C(F)(F)F)ccn5)cc4)c23)c(OC)c1.O=C(O)C1CCCCC1. The van der Waals surface area contributed by atoms with Crippen LogP contribution in [-0.4, -0.2) is 51.4 Å². The number of carboxylic acid groups (broad SMARTS) is 1. The smallest absolute Gasteiger partial charge is 0.416 e. The van der Waals surface area contributed by atoms with E-state index in [9.17, 15) is 22.8 Å². The molecule has 0 radical (unpaired) electrons. The standard InChI is InChI=1S/C28H23F3N6O3.C7H12O2.C2H6/c1-39-20-8-7-18(22(14-20)40-2)15-34-26-24-21(10-12-33-26)36-37-25(24)16-3-5-17(6-4-16)27(38)35-23-13-19(9-11-32-23)28(29,30)31;8-7(9)6-4-2-1-3-5-6;1-2/h3-14H,15H2,1-2H3,(H,33,34)(H,36,37)(H,32,35,38);6H,1-5H2,(H,8,9);1-2H3. The fraction of sp³-hybridized carbons (Fsp3) is 0.324. The molecule has 51 heavy (non-hydrogen) atoms. The number of ether oxygens (including phenoxy) is 2. The van der Waals surface area contributed by atoms with Crippen molar-refractivity contribution < 1.29 is 37.3 Å². The van der Waals surface area contributed by atoms with Crippen LogP contribution in [0.1, 0.15) is 67.4 Å². The first-order chi connectivity index (χ1) is 24.6. The lowest BCUT2D eigenvalue weighted by atomic mass is 9.90. The van der Waals surface area contributed by atoms with E-state index in [4.69, 9.17) is 14.6 Å². The number of methoxy groups -OCH3 is 2. The molecular weight excluding hydrogens is 665 g/mol. The first-order valence-corrected chi connectivity index (χ1v) is 16.5. The summed E-state index contributed by atoms with van der Waals surface area (Å²) in [6.07, 6.45) is 3.35. The third-order valence-electron chi connectivity index (χ3n) is 8.12. The number of benzene rings is 2. The highest BCUT2D eigenvalue weighted by atomic mass is 19.4. The van der Waals surface area contributed by atoms with E-state index in [1.807, 2.05) is 26.0 Å². The number of rotatable bonds is 9. The molecule has 1 saturated carbocycles. The number of nitrogens with zero attached hydrogens (tertiary/aromatic N) is 3. The summed E-state index contributed by atoms with van der Waals surface area (Å²) in [5.74, 6) is 0.520. The van der Waals surface area contributed by atoms with Gasteiger partial charge in [-0.1, -0.05) is 45.2 Å². The number of H-pyrrole nitrogens is 1. The second-order valence-electron chi connectivity index (χ2n) is 11.3. The van der Waals surface area contributed by atoms with Gasteiger partial charge in [-0.3, -0.25) is 14.7 Å². The van der Waals surface area contributed by atoms with Gasteiger partial charge in [0.05, 0.1) is 36.6 Å². The normalized spacial score (nSPS) is 12.8. The number of aromatic nitrogens is 4. The molecule has 0 spiro atoms. The molecule has 5 aromatic rings. The molecule has 3 aromatic heterocycles. The number of carbonyl (C=O) groups is 2. The summed E-state index contributed by atoms with van der Waals surface area (Å²) in [6, 6.07) is 15.5. The van der Waals surface area contributed by atoms with Gasteiger partial charge >= 0.3 is 12.1 Å². The van der Waals surface area contributed by atoms with Crippen molar-refractivity contribution in [1.29, 1.82) is 0 Å². The Kier molecular flexibility index (Phi) is 13.3. The minimum absolute atomic E-state index is 0.0289. The average Bonchev–Trinajstić information content (AvgIpc) is 3.60. The molecule has 1 amide bonds. The maximum atomic E-state index is 13.0. The van der Waals surface area contributed by atoms with E-state index in [0.29, 0.717) is 35.1 Å². The molecule has 0 unspecified atom stereocenters. The zero-order chi connectivity index (χ0) is 37.0.